The number of aryl methyl sites for hydroxylation is 1. The molecule has 1 aromatic heterocycles. The van der Waals surface area contributed by atoms with Crippen molar-refractivity contribution in [3.05, 3.63) is 83.9 Å². The van der Waals surface area contributed by atoms with Crippen molar-refractivity contribution in [2.75, 3.05) is 25.1 Å². The van der Waals surface area contributed by atoms with Crippen LogP contribution in [0.3, 0.4) is 0 Å². The molecule has 192 valence electrons. The Labute approximate surface area is 221 Å². The number of anilines is 1. The Morgan fingerprint density at radius 3 is 2.59 bits per heavy atom. The Morgan fingerprint density at radius 1 is 1.11 bits per heavy atom. The first-order valence-electron chi connectivity index (χ1n) is 12.2. The minimum absolute atomic E-state index is 0.112. The van der Waals surface area contributed by atoms with Gasteiger partial charge in [0.05, 0.1) is 34.7 Å². The molecule has 2 heterocycles. The van der Waals surface area contributed by atoms with Crippen LogP contribution >= 0.6 is 11.3 Å². The molecule has 0 N–H and O–H groups in total. The molecule has 1 aliphatic rings. The van der Waals surface area contributed by atoms with Gasteiger partial charge in [-0.05, 0) is 49.6 Å². The molecule has 9 heteroatoms. The SMILES string of the molecule is COc1ccc2sc(N(Cc3ccccc3)C(=O)C3CCCN(S(=O)(=O)c4ccc(C)cc4)C3)nc2c1. The molecular formula is C28H29N3O4S2. The molecule has 1 atom stereocenters. The predicted molar refractivity (Wildman–Crippen MR) is 146 cm³/mol. The highest BCUT2D eigenvalue weighted by Crippen LogP contribution is 2.34. The van der Waals surface area contributed by atoms with Crippen molar-refractivity contribution >= 4 is 42.6 Å². The lowest BCUT2D eigenvalue weighted by Crippen LogP contribution is -2.46. The van der Waals surface area contributed by atoms with E-state index in [4.69, 9.17) is 9.72 Å². The molecule has 0 aliphatic carbocycles. The largest absolute Gasteiger partial charge is 0.497 e. The van der Waals surface area contributed by atoms with E-state index in [0.29, 0.717) is 36.8 Å². The molecule has 0 bridgehead atoms. The van der Waals surface area contributed by atoms with Gasteiger partial charge < -0.3 is 4.74 Å². The molecule has 5 rings (SSSR count). The second kappa shape index (κ2) is 10.6. The summed E-state index contributed by atoms with van der Waals surface area (Å²) >= 11 is 1.45. The molecule has 1 amide bonds. The summed E-state index contributed by atoms with van der Waals surface area (Å²) in [5.74, 6) is 0.132. The fourth-order valence-corrected chi connectivity index (χ4v) is 7.06. The number of aromatic nitrogens is 1. The average molecular weight is 536 g/mol. The molecular weight excluding hydrogens is 506 g/mol. The number of benzene rings is 3. The van der Waals surface area contributed by atoms with E-state index < -0.39 is 15.9 Å². The number of thiazole rings is 1. The minimum atomic E-state index is -3.69. The maximum Gasteiger partial charge on any atom is 0.243 e. The lowest BCUT2D eigenvalue weighted by molar-refractivity contribution is -0.123. The van der Waals surface area contributed by atoms with E-state index in [1.165, 1.54) is 15.6 Å². The van der Waals surface area contributed by atoms with Gasteiger partial charge in [0.1, 0.15) is 5.75 Å². The third-order valence-corrected chi connectivity index (χ3v) is 9.59. The van der Waals surface area contributed by atoms with Gasteiger partial charge in [-0.1, -0.05) is 59.4 Å². The van der Waals surface area contributed by atoms with Gasteiger partial charge in [0.15, 0.2) is 5.13 Å². The van der Waals surface area contributed by atoms with E-state index in [-0.39, 0.29) is 17.3 Å². The number of fused-ring (bicyclic) bond motifs is 1. The smallest absolute Gasteiger partial charge is 0.243 e. The minimum Gasteiger partial charge on any atom is -0.497 e. The summed E-state index contributed by atoms with van der Waals surface area (Å²) in [5.41, 5.74) is 2.74. The molecule has 1 saturated heterocycles. The van der Waals surface area contributed by atoms with E-state index in [2.05, 4.69) is 0 Å². The summed E-state index contributed by atoms with van der Waals surface area (Å²) < 4.78 is 34.5. The van der Waals surface area contributed by atoms with Crippen molar-refractivity contribution < 1.29 is 17.9 Å². The maximum absolute atomic E-state index is 14.0. The first-order chi connectivity index (χ1) is 17.8. The molecule has 0 spiro atoms. The number of hydrogen-bond donors (Lipinski definition) is 0. The molecule has 1 fully saturated rings. The van der Waals surface area contributed by atoms with Crippen molar-refractivity contribution in [3.8, 4) is 5.75 Å². The Bertz CT molecular complexity index is 1500. The first-order valence-corrected chi connectivity index (χ1v) is 14.5. The Morgan fingerprint density at radius 2 is 1.86 bits per heavy atom. The average Bonchev–Trinajstić information content (AvgIpc) is 3.35. The molecule has 3 aromatic carbocycles. The molecule has 1 unspecified atom stereocenters. The van der Waals surface area contributed by atoms with E-state index in [0.717, 1.165) is 21.3 Å². The first kappa shape index (κ1) is 25.4. The van der Waals surface area contributed by atoms with E-state index in [9.17, 15) is 13.2 Å². The lowest BCUT2D eigenvalue weighted by atomic mass is 9.98. The van der Waals surface area contributed by atoms with Gasteiger partial charge in [-0.3, -0.25) is 9.69 Å². The number of sulfonamides is 1. The summed E-state index contributed by atoms with van der Waals surface area (Å²) in [6.45, 7) is 2.84. The predicted octanol–water partition coefficient (Wildman–Crippen LogP) is 5.25. The molecule has 1 aliphatic heterocycles. The fourth-order valence-electron chi connectivity index (χ4n) is 4.59. The van der Waals surface area contributed by atoms with Gasteiger partial charge in [-0.2, -0.15) is 4.31 Å². The third-order valence-electron chi connectivity index (χ3n) is 6.66. The number of rotatable bonds is 7. The molecule has 37 heavy (non-hydrogen) atoms. The third kappa shape index (κ3) is 5.39. The molecule has 0 radical (unpaired) electrons. The van der Waals surface area contributed by atoms with Crippen LogP contribution in [0.1, 0.15) is 24.0 Å². The number of methoxy groups -OCH3 is 1. The molecule has 0 saturated carbocycles. The summed E-state index contributed by atoms with van der Waals surface area (Å²) in [6.07, 6.45) is 1.25. The van der Waals surface area contributed by atoms with Crippen LogP contribution in [0, 0.1) is 12.8 Å². The number of nitrogens with zero attached hydrogens (tertiary/aromatic N) is 3. The van der Waals surface area contributed by atoms with Crippen LogP contribution in [0.4, 0.5) is 5.13 Å². The number of amides is 1. The van der Waals surface area contributed by atoms with Crippen molar-refractivity contribution in [3.63, 3.8) is 0 Å². The van der Waals surface area contributed by atoms with Crippen LogP contribution in [-0.2, 0) is 21.4 Å². The quantitative estimate of drug-likeness (QED) is 0.323. The van der Waals surface area contributed by atoms with Gasteiger partial charge >= 0.3 is 0 Å². The van der Waals surface area contributed by atoms with Crippen LogP contribution in [0.5, 0.6) is 5.75 Å². The second-order valence-electron chi connectivity index (χ2n) is 9.26. The highest BCUT2D eigenvalue weighted by molar-refractivity contribution is 7.89. The van der Waals surface area contributed by atoms with E-state index in [1.54, 1.807) is 36.3 Å². The summed E-state index contributed by atoms with van der Waals surface area (Å²) in [5, 5.41) is 0.593. The normalized spacial score (nSPS) is 16.5. The fraction of sp³-hybridized carbons (Fsp3) is 0.286. The zero-order valence-electron chi connectivity index (χ0n) is 20.8. The van der Waals surface area contributed by atoms with Crippen LogP contribution in [0.25, 0.3) is 10.2 Å². The van der Waals surface area contributed by atoms with E-state index in [1.807, 2.05) is 55.5 Å². The number of hydrogen-bond acceptors (Lipinski definition) is 6. The molecule has 4 aromatic rings. The lowest BCUT2D eigenvalue weighted by Gasteiger charge is -2.33. The van der Waals surface area contributed by atoms with Crippen molar-refractivity contribution in [1.29, 1.82) is 0 Å². The van der Waals surface area contributed by atoms with Gasteiger partial charge in [0, 0.05) is 19.2 Å². The highest BCUT2D eigenvalue weighted by Gasteiger charge is 2.36. The zero-order chi connectivity index (χ0) is 26.0. The van der Waals surface area contributed by atoms with Crippen molar-refractivity contribution in [1.82, 2.24) is 9.29 Å². The van der Waals surface area contributed by atoms with Crippen LogP contribution in [0.15, 0.2) is 77.7 Å². The second-order valence-corrected chi connectivity index (χ2v) is 12.2. The monoisotopic (exact) mass is 535 g/mol. The van der Waals surface area contributed by atoms with Crippen molar-refractivity contribution in [2.24, 2.45) is 5.92 Å². The van der Waals surface area contributed by atoms with Gasteiger partial charge in [0.2, 0.25) is 15.9 Å². The topological polar surface area (TPSA) is 79.8 Å². The van der Waals surface area contributed by atoms with Gasteiger partial charge in [-0.25, -0.2) is 13.4 Å². The number of piperidine rings is 1. The van der Waals surface area contributed by atoms with Crippen LogP contribution in [-0.4, -0.2) is 43.8 Å². The Kier molecular flexibility index (Phi) is 7.28. The number of ether oxygens (including phenoxy) is 1. The summed E-state index contributed by atoms with van der Waals surface area (Å²) in [7, 11) is -2.08. The molecule has 7 nitrogen and oxygen atoms in total. The maximum atomic E-state index is 14.0. The number of carbonyl (C=O) groups excluding carboxylic acids is 1. The zero-order valence-corrected chi connectivity index (χ0v) is 22.5. The van der Waals surface area contributed by atoms with E-state index >= 15 is 0 Å². The standard InChI is InChI=1S/C28H29N3O4S2/c1-20-10-13-24(14-11-20)37(33,34)30-16-6-9-22(19-30)27(32)31(18-21-7-4-3-5-8-21)28-29-25-17-23(35-2)12-15-26(25)36-28/h3-5,7-8,10-15,17,22H,6,9,16,18-19H2,1-2H3. The summed E-state index contributed by atoms with van der Waals surface area (Å²) in [6, 6.07) is 22.3. The van der Waals surface area contributed by atoms with Crippen molar-refractivity contribution in [2.45, 2.75) is 31.2 Å². The number of carbonyl (C=O) groups is 1. The van der Waals surface area contributed by atoms with Crippen LogP contribution in [0.2, 0.25) is 0 Å². The van der Waals surface area contributed by atoms with Crippen LogP contribution < -0.4 is 9.64 Å². The highest BCUT2D eigenvalue weighted by atomic mass is 32.2. The summed E-state index contributed by atoms with van der Waals surface area (Å²) in [4.78, 5) is 20.7. The van der Waals surface area contributed by atoms with Gasteiger partial charge in [0.25, 0.3) is 0 Å². The Balaban J connectivity index is 1.45. The Hall–Kier alpha value is -3.27. The van der Waals surface area contributed by atoms with Gasteiger partial charge in [-0.15, -0.1) is 0 Å².